The van der Waals surface area contributed by atoms with Gasteiger partial charge in [0.25, 0.3) is 0 Å². The highest BCUT2D eigenvalue weighted by atomic mass is 19.2. The van der Waals surface area contributed by atoms with Crippen LogP contribution in [0.3, 0.4) is 0 Å². The first-order chi connectivity index (χ1) is 8.56. The maximum Gasteiger partial charge on any atom is 0.512 e. The summed E-state index contributed by atoms with van der Waals surface area (Å²) in [4.78, 5) is 17.7. The van der Waals surface area contributed by atoms with Gasteiger partial charge in [0.15, 0.2) is 11.6 Å². The second-order valence-electron chi connectivity index (χ2n) is 3.24. The van der Waals surface area contributed by atoms with E-state index in [0.717, 1.165) is 18.5 Å². The third-order valence-electron chi connectivity index (χ3n) is 2.05. The predicted octanol–water partition coefficient (Wildman–Crippen LogP) is 2.48. The molecule has 0 aliphatic rings. The summed E-state index contributed by atoms with van der Waals surface area (Å²) < 4.78 is 30.1. The predicted molar refractivity (Wildman–Crippen MR) is 56.0 cm³/mol. The fraction of sp³-hybridized carbons (Fsp3) is 0. The van der Waals surface area contributed by atoms with Gasteiger partial charge in [-0.2, -0.15) is 0 Å². The van der Waals surface area contributed by atoms with Gasteiger partial charge in [-0.3, -0.25) is 0 Å². The minimum atomic E-state index is -1.52. The molecule has 18 heavy (non-hydrogen) atoms. The number of benzene rings is 1. The molecular weight excluding hydrogens is 246 g/mol. The lowest BCUT2D eigenvalue weighted by molar-refractivity contribution is 0.142. The van der Waals surface area contributed by atoms with Gasteiger partial charge in [0.1, 0.15) is 6.33 Å². The van der Waals surface area contributed by atoms with E-state index in [9.17, 15) is 13.6 Å². The second kappa shape index (κ2) is 4.74. The third kappa shape index (κ3) is 2.57. The molecule has 0 spiro atoms. The van der Waals surface area contributed by atoms with Gasteiger partial charge in [-0.25, -0.2) is 23.5 Å². The van der Waals surface area contributed by atoms with Crippen molar-refractivity contribution in [2.24, 2.45) is 0 Å². The molecule has 5 nitrogen and oxygen atoms in total. The van der Waals surface area contributed by atoms with Crippen molar-refractivity contribution in [2.75, 3.05) is 0 Å². The van der Waals surface area contributed by atoms with Gasteiger partial charge in [-0.1, -0.05) is 0 Å². The van der Waals surface area contributed by atoms with Gasteiger partial charge in [-0.15, -0.1) is 0 Å². The monoisotopic (exact) mass is 252 g/mol. The van der Waals surface area contributed by atoms with Crippen LogP contribution < -0.4 is 4.74 Å². The molecule has 0 atom stereocenters. The summed E-state index contributed by atoms with van der Waals surface area (Å²) in [6, 6.07) is 4.42. The zero-order chi connectivity index (χ0) is 13.1. The Hall–Kier alpha value is -2.57. The van der Waals surface area contributed by atoms with Crippen LogP contribution in [-0.4, -0.2) is 21.2 Å². The van der Waals surface area contributed by atoms with E-state index in [4.69, 9.17) is 5.11 Å². The fourth-order valence-electron chi connectivity index (χ4n) is 1.30. The summed E-state index contributed by atoms with van der Waals surface area (Å²) in [5, 5.41) is 8.42. The Balaban J connectivity index is 2.38. The lowest BCUT2D eigenvalue weighted by Gasteiger charge is -2.03. The van der Waals surface area contributed by atoms with Crippen LogP contribution in [0.5, 0.6) is 5.88 Å². The highest BCUT2D eigenvalue weighted by Gasteiger charge is 2.08. The summed E-state index contributed by atoms with van der Waals surface area (Å²) in [5.74, 6) is -2.20. The summed E-state index contributed by atoms with van der Waals surface area (Å²) in [6.45, 7) is 0. The van der Waals surface area contributed by atoms with E-state index >= 15 is 0 Å². The summed E-state index contributed by atoms with van der Waals surface area (Å²) in [7, 11) is 0. The highest BCUT2D eigenvalue weighted by molar-refractivity contribution is 5.63. The van der Waals surface area contributed by atoms with Crippen LogP contribution in [0.15, 0.2) is 30.6 Å². The Morgan fingerprint density at radius 1 is 1.17 bits per heavy atom. The van der Waals surface area contributed by atoms with E-state index in [1.54, 1.807) is 0 Å². The van der Waals surface area contributed by atoms with E-state index in [0.29, 0.717) is 0 Å². The smallest absolute Gasteiger partial charge is 0.449 e. The van der Waals surface area contributed by atoms with Crippen LogP contribution in [0.1, 0.15) is 0 Å². The van der Waals surface area contributed by atoms with E-state index < -0.39 is 17.8 Å². The van der Waals surface area contributed by atoms with Crippen molar-refractivity contribution in [1.82, 2.24) is 9.97 Å². The van der Waals surface area contributed by atoms with Crippen molar-refractivity contribution < 1.29 is 23.4 Å². The standard InChI is InChI=1S/C11H6F2N2O3/c12-7-2-1-6(3-8(7)13)9-4-10(15-5-14-9)18-11(16)17/h1-5H,(H,16,17). The average molecular weight is 252 g/mol. The molecule has 1 N–H and O–H groups in total. The molecule has 0 amide bonds. The van der Waals surface area contributed by atoms with Crippen LogP contribution >= 0.6 is 0 Å². The first-order valence-electron chi connectivity index (χ1n) is 4.74. The minimum Gasteiger partial charge on any atom is -0.449 e. The van der Waals surface area contributed by atoms with E-state index in [1.165, 1.54) is 12.1 Å². The largest absolute Gasteiger partial charge is 0.512 e. The average Bonchev–Trinajstić information content (AvgIpc) is 2.32. The molecular formula is C11H6F2N2O3. The van der Waals surface area contributed by atoms with E-state index in [-0.39, 0.29) is 17.1 Å². The second-order valence-corrected chi connectivity index (χ2v) is 3.24. The molecule has 2 aromatic rings. The quantitative estimate of drug-likeness (QED) is 0.831. The van der Waals surface area contributed by atoms with Crippen LogP contribution in [0.2, 0.25) is 0 Å². The molecule has 0 radical (unpaired) electrons. The Labute approximate surface area is 99.7 Å². The van der Waals surface area contributed by atoms with Gasteiger partial charge < -0.3 is 9.84 Å². The minimum absolute atomic E-state index is 0.197. The summed E-state index contributed by atoms with van der Waals surface area (Å²) in [5.41, 5.74) is 0.506. The normalized spacial score (nSPS) is 10.1. The van der Waals surface area contributed by atoms with E-state index in [2.05, 4.69) is 14.7 Å². The number of rotatable bonds is 2. The molecule has 0 bridgehead atoms. The highest BCUT2D eigenvalue weighted by Crippen LogP contribution is 2.21. The molecule has 0 unspecified atom stereocenters. The number of hydrogen-bond donors (Lipinski definition) is 1. The zero-order valence-electron chi connectivity index (χ0n) is 8.80. The molecule has 1 aromatic carbocycles. The zero-order valence-corrected chi connectivity index (χ0v) is 8.80. The van der Waals surface area contributed by atoms with Crippen LogP contribution in [-0.2, 0) is 0 Å². The van der Waals surface area contributed by atoms with Gasteiger partial charge in [0.2, 0.25) is 5.88 Å². The SMILES string of the molecule is O=C(O)Oc1cc(-c2ccc(F)c(F)c2)ncn1. The first-order valence-corrected chi connectivity index (χ1v) is 4.74. The molecule has 2 rings (SSSR count). The van der Waals surface area contributed by atoms with Crippen molar-refractivity contribution >= 4 is 6.16 Å². The van der Waals surface area contributed by atoms with Gasteiger partial charge in [0, 0.05) is 11.6 Å². The topological polar surface area (TPSA) is 72.3 Å². The van der Waals surface area contributed by atoms with Crippen LogP contribution in [0.4, 0.5) is 13.6 Å². The molecule has 0 aliphatic heterocycles. The van der Waals surface area contributed by atoms with Gasteiger partial charge in [-0.05, 0) is 18.2 Å². The molecule has 0 saturated heterocycles. The Bertz CT molecular complexity index is 605. The van der Waals surface area contributed by atoms with Crippen molar-refractivity contribution in [3.8, 4) is 17.1 Å². The van der Waals surface area contributed by atoms with Crippen LogP contribution in [0, 0.1) is 11.6 Å². The van der Waals surface area contributed by atoms with Crippen molar-refractivity contribution in [2.45, 2.75) is 0 Å². The number of halogens is 2. The lowest BCUT2D eigenvalue weighted by atomic mass is 10.1. The number of ether oxygens (including phenoxy) is 1. The molecule has 0 saturated carbocycles. The Morgan fingerprint density at radius 3 is 2.61 bits per heavy atom. The van der Waals surface area contributed by atoms with Crippen molar-refractivity contribution in [3.05, 3.63) is 42.2 Å². The number of aromatic nitrogens is 2. The molecule has 7 heteroatoms. The molecule has 0 fully saturated rings. The number of carboxylic acid groups (broad SMARTS) is 1. The van der Waals surface area contributed by atoms with Crippen molar-refractivity contribution in [1.29, 1.82) is 0 Å². The van der Waals surface area contributed by atoms with Crippen LogP contribution in [0.25, 0.3) is 11.3 Å². The third-order valence-corrected chi connectivity index (χ3v) is 2.05. The first kappa shape index (κ1) is 11.9. The maximum atomic E-state index is 13.0. The molecule has 92 valence electrons. The molecule has 0 aliphatic carbocycles. The number of hydrogen-bond acceptors (Lipinski definition) is 4. The summed E-state index contributed by atoms with van der Waals surface area (Å²) >= 11 is 0. The maximum absolute atomic E-state index is 13.0. The summed E-state index contributed by atoms with van der Waals surface area (Å²) in [6.07, 6.45) is -0.459. The van der Waals surface area contributed by atoms with Crippen molar-refractivity contribution in [3.63, 3.8) is 0 Å². The molecule has 1 heterocycles. The van der Waals surface area contributed by atoms with Gasteiger partial charge in [0.05, 0.1) is 5.69 Å². The Morgan fingerprint density at radius 2 is 1.94 bits per heavy atom. The lowest BCUT2D eigenvalue weighted by Crippen LogP contribution is -2.04. The number of carbonyl (C=O) groups is 1. The number of nitrogens with zero attached hydrogens (tertiary/aromatic N) is 2. The van der Waals surface area contributed by atoms with E-state index in [1.807, 2.05) is 0 Å². The fourth-order valence-corrected chi connectivity index (χ4v) is 1.30. The molecule has 1 aromatic heterocycles. The van der Waals surface area contributed by atoms with Gasteiger partial charge >= 0.3 is 6.16 Å². The Kier molecular flexibility index (Phi) is 3.13.